The third-order valence-corrected chi connectivity index (χ3v) is 12.7. The molecule has 41 heavy (non-hydrogen) atoms. The summed E-state index contributed by atoms with van der Waals surface area (Å²) < 4.78 is 14.6. The number of Topliss-reactive ketones (excluding diaryl/α,β-unsaturated/α-hetero) is 2. The molecule has 0 spiro atoms. The molecular weight excluding hydrogens is 546 g/mol. The van der Waals surface area contributed by atoms with Gasteiger partial charge in [-0.1, -0.05) is 74.7 Å². The first-order valence-corrected chi connectivity index (χ1v) is 16.9. The number of hydrogen-bond donors (Lipinski definition) is 0. The van der Waals surface area contributed by atoms with Crippen LogP contribution in [0.4, 0.5) is 20.8 Å². The minimum absolute atomic E-state index is 0.196. The standard InChI is InChI=1S/C35H28FNO2SSi/c1-2-3-8-17-41-31-12-7-6-11-29(31)37(30-15-13-24(36)20-32(30)41)33-16-14-25(40-33)21-28-34(38)26-18-22-9-4-5-10-23(22)19-27(26)35(28)39/h4-7,9-16,18-21,41H,2-3,8,17H2,1H3. The fourth-order valence-electron chi connectivity index (χ4n) is 6.26. The van der Waals surface area contributed by atoms with Gasteiger partial charge in [-0.25, -0.2) is 4.39 Å². The van der Waals surface area contributed by atoms with E-state index >= 15 is 0 Å². The van der Waals surface area contributed by atoms with Crippen LogP contribution in [0.3, 0.4) is 0 Å². The number of fused-ring (bicyclic) bond motifs is 4. The third-order valence-electron chi connectivity index (χ3n) is 8.24. The molecule has 0 bridgehead atoms. The van der Waals surface area contributed by atoms with E-state index in [-0.39, 0.29) is 23.0 Å². The lowest BCUT2D eigenvalue weighted by atomic mass is 10.0. The Labute approximate surface area is 244 Å². The maximum absolute atomic E-state index is 14.6. The second-order valence-corrected chi connectivity index (χ2v) is 14.8. The van der Waals surface area contributed by atoms with Gasteiger partial charge in [0.15, 0.2) is 11.6 Å². The minimum atomic E-state index is -1.61. The second kappa shape index (κ2) is 10.4. The monoisotopic (exact) mass is 573 g/mol. The molecule has 0 radical (unpaired) electrons. The molecule has 0 N–H and O–H groups in total. The predicted molar refractivity (Wildman–Crippen MR) is 170 cm³/mol. The SMILES string of the molecule is CCCCC[SiH]1c2ccccc2N(c2ccc(C=C3C(=O)c4cc5ccccc5cc4C3=O)s2)c2ccc(F)cc21. The number of hydrogen-bond acceptors (Lipinski definition) is 4. The molecule has 0 saturated heterocycles. The molecule has 5 aromatic rings. The number of nitrogens with zero attached hydrogens (tertiary/aromatic N) is 1. The number of benzene rings is 4. The van der Waals surface area contributed by atoms with Crippen LogP contribution in [0.1, 0.15) is 51.8 Å². The van der Waals surface area contributed by atoms with Gasteiger partial charge in [0.2, 0.25) is 0 Å². The summed E-state index contributed by atoms with van der Waals surface area (Å²) in [4.78, 5) is 29.7. The molecule has 0 saturated carbocycles. The summed E-state index contributed by atoms with van der Waals surface area (Å²) in [5.41, 5.74) is 3.32. The van der Waals surface area contributed by atoms with Gasteiger partial charge in [-0.3, -0.25) is 9.59 Å². The van der Waals surface area contributed by atoms with Crippen molar-refractivity contribution in [2.75, 3.05) is 4.90 Å². The molecule has 7 rings (SSSR count). The molecule has 1 unspecified atom stereocenters. The highest BCUT2D eigenvalue weighted by molar-refractivity contribution is 7.17. The molecule has 1 atom stereocenters. The van der Waals surface area contributed by atoms with Crippen molar-refractivity contribution in [3.63, 3.8) is 0 Å². The van der Waals surface area contributed by atoms with Crippen LogP contribution in [0.5, 0.6) is 0 Å². The summed E-state index contributed by atoms with van der Waals surface area (Å²) in [5, 5.41) is 5.33. The lowest BCUT2D eigenvalue weighted by Crippen LogP contribution is -2.49. The molecular formula is C35H28FNO2SSi. The van der Waals surface area contributed by atoms with Crippen LogP contribution in [0.2, 0.25) is 6.04 Å². The molecule has 2 aliphatic rings. The van der Waals surface area contributed by atoms with Gasteiger partial charge < -0.3 is 4.90 Å². The van der Waals surface area contributed by atoms with Crippen LogP contribution < -0.4 is 15.3 Å². The smallest absolute Gasteiger partial charge is 0.197 e. The highest BCUT2D eigenvalue weighted by atomic mass is 32.1. The Bertz CT molecular complexity index is 1830. The first kappa shape index (κ1) is 25.8. The fraction of sp³-hybridized carbons (Fsp3) is 0.143. The highest BCUT2D eigenvalue weighted by Crippen LogP contribution is 2.41. The molecule has 1 aliphatic heterocycles. The van der Waals surface area contributed by atoms with Crippen molar-refractivity contribution in [3.05, 3.63) is 118 Å². The largest absolute Gasteiger partial charge is 0.302 e. The number of allylic oxidation sites excluding steroid dienone is 1. The van der Waals surface area contributed by atoms with Crippen LogP contribution in [0.15, 0.2) is 96.6 Å². The van der Waals surface area contributed by atoms with E-state index < -0.39 is 8.80 Å². The Kier molecular flexibility index (Phi) is 6.52. The summed E-state index contributed by atoms with van der Waals surface area (Å²) in [5.74, 6) is -0.648. The number of ketones is 2. The molecule has 2 heterocycles. The Morgan fingerprint density at radius 3 is 2.20 bits per heavy atom. The molecule has 1 aliphatic carbocycles. The Morgan fingerprint density at radius 1 is 0.780 bits per heavy atom. The molecule has 6 heteroatoms. The van der Waals surface area contributed by atoms with Gasteiger partial charge in [0.25, 0.3) is 0 Å². The molecule has 1 aromatic heterocycles. The van der Waals surface area contributed by atoms with Gasteiger partial charge in [-0.05, 0) is 75.8 Å². The maximum atomic E-state index is 14.6. The first-order chi connectivity index (χ1) is 20.0. The lowest BCUT2D eigenvalue weighted by Gasteiger charge is -2.36. The van der Waals surface area contributed by atoms with E-state index in [4.69, 9.17) is 0 Å². The topological polar surface area (TPSA) is 37.4 Å². The van der Waals surface area contributed by atoms with E-state index in [0.29, 0.717) is 11.1 Å². The normalized spacial score (nSPS) is 15.7. The van der Waals surface area contributed by atoms with E-state index in [1.165, 1.54) is 22.9 Å². The van der Waals surface area contributed by atoms with Crippen LogP contribution in [-0.2, 0) is 0 Å². The Balaban J connectivity index is 1.28. The van der Waals surface area contributed by atoms with E-state index in [9.17, 15) is 14.0 Å². The summed E-state index contributed by atoms with van der Waals surface area (Å²) in [7, 11) is -1.61. The summed E-state index contributed by atoms with van der Waals surface area (Å²) in [6.07, 6.45) is 5.22. The van der Waals surface area contributed by atoms with Gasteiger partial charge in [-0.15, -0.1) is 11.3 Å². The van der Waals surface area contributed by atoms with Crippen LogP contribution in [-0.4, -0.2) is 20.4 Å². The van der Waals surface area contributed by atoms with Gasteiger partial charge in [0.05, 0.1) is 5.57 Å². The first-order valence-electron chi connectivity index (χ1n) is 14.2. The van der Waals surface area contributed by atoms with Gasteiger partial charge in [0, 0.05) is 27.4 Å². The average Bonchev–Trinajstić information content (AvgIpc) is 3.54. The van der Waals surface area contributed by atoms with E-state index in [1.807, 2.05) is 54.6 Å². The maximum Gasteiger partial charge on any atom is 0.197 e. The number of anilines is 3. The lowest BCUT2D eigenvalue weighted by molar-refractivity contribution is 0.0990. The number of carbonyl (C=O) groups is 2. The number of carbonyl (C=O) groups excluding carboxylic acids is 2. The number of thiophene rings is 1. The van der Waals surface area contributed by atoms with Gasteiger partial charge in [0.1, 0.15) is 19.6 Å². The van der Waals surface area contributed by atoms with Crippen molar-refractivity contribution in [2.24, 2.45) is 0 Å². The zero-order valence-electron chi connectivity index (χ0n) is 22.7. The van der Waals surface area contributed by atoms with Crippen molar-refractivity contribution < 1.29 is 14.0 Å². The summed E-state index contributed by atoms with van der Waals surface area (Å²) >= 11 is 1.53. The van der Waals surface area contributed by atoms with Crippen molar-refractivity contribution >= 4 is 75.3 Å². The molecule has 0 fully saturated rings. The zero-order chi connectivity index (χ0) is 28.1. The quantitative estimate of drug-likeness (QED) is 0.0900. The Morgan fingerprint density at radius 2 is 1.46 bits per heavy atom. The zero-order valence-corrected chi connectivity index (χ0v) is 24.7. The van der Waals surface area contributed by atoms with Crippen molar-refractivity contribution in [2.45, 2.75) is 32.2 Å². The average molecular weight is 574 g/mol. The highest BCUT2D eigenvalue weighted by Gasteiger charge is 2.35. The predicted octanol–water partition coefficient (Wildman–Crippen LogP) is 7.82. The Hall–Kier alpha value is -4.13. The van der Waals surface area contributed by atoms with Crippen molar-refractivity contribution in [1.29, 1.82) is 0 Å². The number of unbranched alkanes of at least 4 members (excludes halogenated alkanes) is 2. The fourth-order valence-corrected chi connectivity index (χ4v) is 10.8. The summed E-state index contributed by atoms with van der Waals surface area (Å²) in [6.45, 7) is 2.21. The summed E-state index contributed by atoms with van der Waals surface area (Å²) in [6, 6.07) is 30.2. The van der Waals surface area contributed by atoms with Gasteiger partial charge in [-0.2, -0.15) is 0 Å². The molecule has 4 aromatic carbocycles. The number of rotatable bonds is 6. The minimum Gasteiger partial charge on any atom is -0.302 e. The van der Waals surface area contributed by atoms with Gasteiger partial charge >= 0.3 is 0 Å². The number of para-hydroxylation sites is 1. The second-order valence-electron chi connectivity index (χ2n) is 10.8. The van der Waals surface area contributed by atoms with E-state index in [1.54, 1.807) is 18.2 Å². The van der Waals surface area contributed by atoms with E-state index in [2.05, 4.69) is 36.1 Å². The van der Waals surface area contributed by atoms with Crippen molar-refractivity contribution in [1.82, 2.24) is 0 Å². The molecule has 202 valence electrons. The van der Waals surface area contributed by atoms with Crippen LogP contribution >= 0.6 is 11.3 Å². The molecule has 3 nitrogen and oxygen atoms in total. The number of halogens is 1. The molecule has 0 amide bonds. The van der Waals surface area contributed by atoms with Crippen molar-refractivity contribution in [3.8, 4) is 0 Å². The van der Waals surface area contributed by atoms with E-state index in [0.717, 1.165) is 56.1 Å². The third kappa shape index (κ3) is 4.38. The van der Waals surface area contributed by atoms with Crippen LogP contribution in [0.25, 0.3) is 16.8 Å². The van der Waals surface area contributed by atoms with Crippen LogP contribution in [0, 0.1) is 5.82 Å².